The highest BCUT2D eigenvalue weighted by atomic mass is 35.5. The van der Waals surface area contributed by atoms with Gasteiger partial charge in [0.25, 0.3) is 0 Å². The molecule has 0 spiro atoms. The van der Waals surface area contributed by atoms with Crippen molar-refractivity contribution in [1.29, 1.82) is 0 Å². The van der Waals surface area contributed by atoms with E-state index in [-0.39, 0.29) is 0 Å². The lowest BCUT2D eigenvalue weighted by molar-refractivity contribution is 1.22. The SMILES string of the molecule is Cc1cc(C)c(-c2nc(CCl)cs2)cc1C. The van der Waals surface area contributed by atoms with Gasteiger partial charge in [-0.15, -0.1) is 22.9 Å². The smallest absolute Gasteiger partial charge is 0.123 e. The molecule has 1 aromatic heterocycles. The normalized spacial score (nSPS) is 10.8. The molecule has 2 aromatic rings. The highest BCUT2D eigenvalue weighted by molar-refractivity contribution is 7.13. The third kappa shape index (κ3) is 2.13. The van der Waals surface area contributed by atoms with E-state index in [1.807, 2.05) is 5.38 Å². The topological polar surface area (TPSA) is 12.9 Å². The van der Waals surface area contributed by atoms with Crippen LogP contribution in [-0.2, 0) is 5.88 Å². The maximum absolute atomic E-state index is 5.77. The zero-order chi connectivity index (χ0) is 11.7. The number of rotatable bonds is 2. The molecule has 1 nitrogen and oxygen atoms in total. The van der Waals surface area contributed by atoms with Gasteiger partial charge >= 0.3 is 0 Å². The monoisotopic (exact) mass is 251 g/mol. The molecule has 0 aliphatic heterocycles. The molecule has 0 bridgehead atoms. The molecule has 0 saturated carbocycles. The lowest BCUT2D eigenvalue weighted by atomic mass is 10.0. The standard InChI is InChI=1S/C13H14ClNS/c1-8-4-10(3)12(5-9(8)2)13-15-11(6-14)7-16-13/h4-5,7H,6H2,1-3H3. The highest BCUT2D eigenvalue weighted by Gasteiger charge is 2.08. The molecule has 84 valence electrons. The van der Waals surface area contributed by atoms with E-state index < -0.39 is 0 Å². The number of aryl methyl sites for hydroxylation is 3. The van der Waals surface area contributed by atoms with Gasteiger partial charge in [0.1, 0.15) is 5.01 Å². The first-order valence-corrected chi connectivity index (χ1v) is 6.62. The van der Waals surface area contributed by atoms with E-state index in [0.717, 1.165) is 10.7 Å². The first-order valence-electron chi connectivity index (χ1n) is 5.20. The van der Waals surface area contributed by atoms with Crippen LogP contribution >= 0.6 is 22.9 Å². The summed E-state index contributed by atoms with van der Waals surface area (Å²) in [5, 5.41) is 3.09. The second kappa shape index (κ2) is 4.56. The highest BCUT2D eigenvalue weighted by Crippen LogP contribution is 2.29. The molecule has 0 radical (unpaired) electrons. The van der Waals surface area contributed by atoms with E-state index >= 15 is 0 Å². The Morgan fingerprint density at radius 3 is 2.44 bits per heavy atom. The summed E-state index contributed by atoms with van der Waals surface area (Å²) in [6.07, 6.45) is 0. The summed E-state index contributed by atoms with van der Waals surface area (Å²) in [4.78, 5) is 4.52. The van der Waals surface area contributed by atoms with Crippen molar-refractivity contribution in [3.05, 3.63) is 39.9 Å². The fraction of sp³-hybridized carbons (Fsp3) is 0.308. The van der Waals surface area contributed by atoms with E-state index in [4.69, 9.17) is 11.6 Å². The van der Waals surface area contributed by atoms with Gasteiger partial charge in [0.2, 0.25) is 0 Å². The van der Waals surface area contributed by atoms with Crippen LogP contribution in [0.5, 0.6) is 0 Å². The Kier molecular flexibility index (Phi) is 3.31. The van der Waals surface area contributed by atoms with Crippen LogP contribution in [0.2, 0.25) is 0 Å². The van der Waals surface area contributed by atoms with Gasteiger partial charge < -0.3 is 0 Å². The molecule has 0 fully saturated rings. The van der Waals surface area contributed by atoms with Crippen LogP contribution in [0.3, 0.4) is 0 Å². The van der Waals surface area contributed by atoms with Crippen LogP contribution < -0.4 is 0 Å². The zero-order valence-corrected chi connectivity index (χ0v) is 11.2. The van der Waals surface area contributed by atoms with Gasteiger partial charge in [0.15, 0.2) is 0 Å². The molecule has 0 atom stereocenters. The Labute approximate surface area is 105 Å². The third-order valence-electron chi connectivity index (χ3n) is 2.76. The fourth-order valence-electron chi connectivity index (χ4n) is 1.68. The molecule has 0 aliphatic rings. The predicted octanol–water partition coefficient (Wildman–Crippen LogP) is 4.47. The molecule has 0 unspecified atom stereocenters. The Hall–Kier alpha value is -0.860. The molecule has 0 saturated heterocycles. The average molecular weight is 252 g/mol. The summed E-state index contributed by atoms with van der Waals surface area (Å²) < 4.78 is 0. The molecule has 0 amide bonds. The minimum atomic E-state index is 0.486. The van der Waals surface area contributed by atoms with Gasteiger partial charge in [-0.3, -0.25) is 0 Å². The van der Waals surface area contributed by atoms with Gasteiger partial charge in [-0.05, 0) is 43.5 Å². The number of alkyl halides is 1. The van der Waals surface area contributed by atoms with Crippen LogP contribution in [0.15, 0.2) is 17.5 Å². The number of halogens is 1. The number of hydrogen-bond acceptors (Lipinski definition) is 2. The number of aromatic nitrogens is 1. The van der Waals surface area contributed by atoms with Crippen LogP contribution in [0.4, 0.5) is 0 Å². The quantitative estimate of drug-likeness (QED) is 0.718. The van der Waals surface area contributed by atoms with E-state index in [2.05, 4.69) is 37.9 Å². The maximum Gasteiger partial charge on any atom is 0.123 e. The van der Waals surface area contributed by atoms with Gasteiger partial charge in [-0.1, -0.05) is 6.07 Å². The minimum Gasteiger partial charge on any atom is -0.240 e. The largest absolute Gasteiger partial charge is 0.240 e. The molecular weight excluding hydrogens is 238 g/mol. The molecular formula is C13H14ClNS. The van der Waals surface area contributed by atoms with E-state index in [1.54, 1.807) is 11.3 Å². The molecule has 16 heavy (non-hydrogen) atoms. The van der Waals surface area contributed by atoms with Crippen LogP contribution in [-0.4, -0.2) is 4.98 Å². The summed E-state index contributed by atoms with van der Waals surface area (Å²) in [6, 6.07) is 4.42. The Morgan fingerprint density at radius 1 is 1.12 bits per heavy atom. The Balaban J connectivity index is 2.51. The zero-order valence-electron chi connectivity index (χ0n) is 9.67. The van der Waals surface area contributed by atoms with Gasteiger partial charge in [-0.2, -0.15) is 0 Å². The lowest BCUT2D eigenvalue weighted by Crippen LogP contribution is -1.88. The van der Waals surface area contributed by atoms with Crippen molar-refractivity contribution < 1.29 is 0 Å². The van der Waals surface area contributed by atoms with Crippen molar-refractivity contribution in [2.45, 2.75) is 26.7 Å². The number of thiazole rings is 1. The van der Waals surface area contributed by atoms with Crippen molar-refractivity contribution in [3.63, 3.8) is 0 Å². The predicted molar refractivity (Wildman–Crippen MR) is 71.3 cm³/mol. The summed E-state index contributed by atoms with van der Waals surface area (Å²) >= 11 is 7.43. The van der Waals surface area contributed by atoms with Crippen molar-refractivity contribution in [2.24, 2.45) is 0 Å². The molecule has 1 heterocycles. The third-order valence-corrected chi connectivity index (χ3v) is 3.96. The first-order chi connectivity index (χ1) is 7.61. The average Bonchev–Trinajstić information content (AvgIpc) is 2.71. The van der Waals surface area contributed by atoms with Crippen molar-refractivity contribution >= 4 is 22.9 Å². The minimum absolute atomic E-state index is 0.486. The molecule has 1 aromatic carbocycles. The number of hydrogen-bond donors (Lipinski definition) is 0. The maximum atomic E-state index is 5.77. The van der Waals surface area contributed by atoms with Crippen LogP contribution in [0.25, 0.3) is 10.6 Å². The van der Waals surface area contributed by atoms with Gasteiger partial charge in [-0.25, -0.2) is 4.98 Å². The first kappa shape index (κ1) is 11.6. The van der Waals surface area contributed by atoms with Crippen molar-refractivity contribution in [2.75, 3.05) is 0 Å². The molecule has 0 N–H and O–H groups in total. The van der Waals surface area contributed by atoms with Gasteiger partial charge in [0, 0.05) is 10.9 Å². The molecule has 0 aliphatic carbocycles. The van der Waals surface area contributed by atoms with E-state index in [9.17, 15) is 0 Å². The fourth-order valence-corrected chi connectivity index (χ4v) is 2.81. The van der Waals surface area contributed by atoms with E-state index in [1.165, 1.54) is 22.3 Å². The summed E-state index contributed by atoms with van der Waals surface area (Å²) in [7, 11) is 0. The summed E-state index contributed by atoms with van der Waals surface area (Å²) in [6.45, 7) is 6.40. The summed E-state index contributed by atoms with van der Waals surface area (Å²) in [5.41, 5.74) is 6.10. The van der Waals surface area contributed by atoms with E-state index in [0.29, 0.717) is 5.88 Å². The Morgan fingerprint density at radius 2 is 1.81 bits per heavy atom. The van der Waals surface area contributed by atoms with Gasteiger partial charge in [0.05, 0.1) is 11.6 Å². The second-order valence-corrected chi connectivity index (χ2v) is 5.15. The second-order valence-electron chi connectivity index (χ2n) is 4.03. The molecule has 3 heteroatoms. The van der Waals surface area contributed by atoms with Crippen LogP contribution in [0.1, 0.15) is 22.4 Å². The van der Waals surface area contributed by atoms with Crippen molar-refractivity contribution in [1.82, 2.24) is 4.98 Å². The number of nitrogens with zero attached hydrogens (tertiary/aromatic N) is 1. The van der Waals surface area contributed by atoms with Crippen LogP contribution in [0, 0.1) is 20.8 Å². The number of benzene rings is 1. The lowest BCUT2D eigenvalue weighted by Gasteiger charge is -2.07. The Bertz CT molecular complexity index is 517. The molecule has 2 rings (SSSR count). The summed E-state index contributed by atoms with van der Waals surface area (Å²) in [5.74, 6) is 0.486. The van der Waals surface area contributed by atoms with Crippen molar-refractivity contribution in [3.8, 4) is 10.6 Å².